The van der Waals surface area contributed by atoms with Crippen molar-refractivity contribution in [2.75, 3.05) is 13.2 Å². The van der Waals surface area contributed by atoms with Crippen LogP contribution >= 0.6 is 0 Å². The van der Waals surface area contributed by atoms with Gasteiger partial charge in [0.1, 0.15) is 12.4 Å². The van der Waals surface area contributed by atoms with Gasteiger partial charge < -0.3 is 9.84 Å². The molecule has 0 saturated carbocycles. The molecule has 0 radical (unpaired) electrons. The molecule has 2 heteroatoms. The van der Waals surface area contributed by atoms with Crippen LogP contribution in [0.4, 0.5) is 0 Å². The summed E-state index contributed by atoms with van der Waals surface area (Å²) in [6, 6.07) is 8.08. The van der Waals surface area contributed by atoms with Gasteiger partial charge in [-0.3, -0.25) is 0 Å². The number of hydrogen-bond donors (Lipinski definition) is 1. The fourth-order valence-corrected chi connectivity index (χ4v) is 1.29. The van der Waals surface area contributed by atoms with Crippen molar-refractivity contribution in [3.05, 3.63) is 29.8 Å². The zero-order valence-corrected chi connectivity index (χ0v) is 8.86. The molecule has 1 aromatic rings. The first-order valence-electron chi connectivity index (χ1n) is 5.11. The van der Waals surface area contributed by atoms with Crippen molar-refractivity contribution in [3.63, 3.8) is 0 Å². The van der Waals surface area contributed by atoms with Crippen LogP contribution < -0.4 is 4.74 Å². The number of benzene rings is 1. The van der Waals surface area contributed by atoms with Crippen molar-refractivity contribution >= 4 is 0 Å². The molecule has 14 heavy (non-hydrogen) atoms. The Balaban J connectivity index is 2.59. The van der Waals surface area contributed by atoms with Gasteiger partial charge in [0.05, 0.1) is 6.61 Å². The molecule has 0 aliphatic rings. The fourth-order valence-electron chi connectivity index (χ4n) is 1.29. The number of ether oxygens (including phenoxy) is 1. The highest BCUT2D eigenvalue weighted by Crippen LogP contribution is 2.21. The van der Waals surface area contributed by atoms with Crippen LogP contribution in [0.5, 0.6) is 5.75 Å². The standard InChI is InChI=1S/C12H18O2/c1-3-10(2)11-4-6-12(7-5-11)14-9-8-13/h4-7,10,13H,3,8-9H2,1-2H3. The predicted molar refractivity (Wildman–Crippen MR) is 57.7 cm³/mol. The Kier molecular flexibility index (Phi) is 4.47. The molecule has 0 bridgehead atoms. The molecule has 1 rings (SSSR count). The molecular formula is C12H18O2. The lowest BCUT2D eigenvalue weighted by Crippen LogP contribution is -2.01. The summed E-state index contributed by atoms with van der Waals surface area (Å²) in [5.74, 6) is 1.42. The van der Waals surface area contributed by atoms with Gasteiger partial charge in [0.25, 0.3) is 0 Å². The van der Waals surface area contributed by atoms with E-state index in [2.05, 4.69) is 26.0 Å². The highest BCUT2D eigenvalue weighted by atomic mass is 16.5. The second-order valence-corrected chi connectivity index (χ2v) is 3.45. The Hall–Kier alpha value is -1.02. The molecule has 1 atom stereocenters. The summed E-state index contributed by atoms with van der Waals surface area (Å²) < 4.78 is 5.27. The predicted octanol–water partition coefficient (Wildman–Crippen LogP) is 2.57. The minimum Gasteiger partial charge on any atom is -0.491 e. The molecule has 0 fully saturated rings. The molecule has 78 valence electrons. The van der Waals surface area contributed by atoms with Gasteiger partial charge in [0.2, 0.25) is 0 Å². The average molecular weight is 194 g/mol. The van der Waals surface area contributed by atoms with Crippen LogP contribution in [-0.2, 0) is 0 Å². The topological polar surface area (TPSA) is 29.5 Å². The highest BCUT2D eigenvalue weighted by molar-refractivity contribution is 5.29. The van der Waals surface area contributed by atoms with Gasteiger partial charge >= 0.3 is 0 Å². The quantitative estimate of drug-likeness (QED) is 0.780. The summed E-state index contributed by atoms with van der Waals surface area (Å²) >= 11 is 0. The van der Waals surface area contributed by atoms with E-state index in [9.17, 15) is 0 Å². The largest absolute Gasteiger partial charge is 0.491 e. The van der Waals surface area contributed by atoms with Crippen LogP contribution in [-0.4, -0.2) is 18.3 Å². The van der Waals surface area contributed by atoms with Crippen LogP contribution in [0.15, 0.2) is 24.3 Å². The van der Waals surface area contributed by atoms with E-state index < -0.39 is 0 Å². The maximum Gasteiger partial charge on any atom is 0.119 e. The maximum absolute atomic E-state index is 8.58. The smallest absolute Gasteiger partial charge is 0.119 e. The van der Waals surface area contributed by atoms with Crippen LogP contribution in [0.1, 0.15) is 31.7 Å². The van der Waals surface area contributed by atoms with Crippen LogP contribution in [0.3, 0.4) is 0 Å². The van der Waals surface area contributed by atoms with Crippen LogP contribution in [0, 0.1) is 0 Å². The third-order valence-electron chi connectivity index (χ3n) is 2.42. The zero-order valence-electron chi connectivity index (χ0n) is 8.86. The molecule has 0 aliphatic carbocycles. The second-order valence-electron chi connectivity index (χ2n) is 3.45. The normalized spacial score (nSPS) is 12.5. The molecule has 1 aromatic carbocycles. The minimum absolute atomic E-state index is 0.0626. The summed E-state index contributed by atoms with van der Waals surface area (Å²) in [5, 5.41) is 8.58. The van der Waals surface area contributed by atoms with Gasteiger partial charge in [-0.15, -0.1) is 0 Å². The molecule has 0 saturated heterocycles. The molecule has 2 nitrogen and oxygen atoms in total. The minimum atomic E-state index is 0.0626. The Bertz CT molecular complexity index is 254. The summed E-state index contributed by atoms with van der Waals surface area (Å²) in [7, 11) is 0. The van der Waals surface area contributed by atoms with Crippen molar-refractivity contribution in [2.45, 2.75) is 26.2 Å². The van der Waals surface area contributed by atoms with E-state index in [1.54, 1.807) is 0 Å². The number of aliphatic hydroxyl groups excluding tert-OH is 1. The zero-order chi connectivity index (χ0) is 10.4. The number of aliphatic hydroxyl groups is 1. The van der Waals surface area contributed by atoms with E-state index in [1.165, 1.54) is 5.56 Å². The summed E-state index contributed by atoms with van der Waals surface area (Å²) in [4.78, 5) is 0. The Morgan fingerprint density at radius 2 is 1.93 bits per heavy atom. The van der Waals surface area contributed by atoms with Gasteiger partial charge in [-0.2, -0.15) is 0 Å². The first-order valence-corrected chi connectivity index (χ1v) is 5.11. The molecule has 0 aliphatic heterocycles. The van der Waals surface area contributed by atoms with E-state index in [1.807, 2.05) is 12.1 Å². The van der Waals surface area contributed by atoms with E-state index in [-0.39, 0.29) is 6.61 Å². The van der Waals surface area contributed by atoms with Gasteiger partial charge in [0.15, 0.2) is 0 Å². The van der Waals surface area contributed by atoms with Gasteiger partial charge in [-0.25, -0.2) is 0 Å². The van der Waals surface area contributed by atoms with Gasteiger partial charge in [-0.1, -0.05) is 26.0 Å². The van der Waals surface area contributed by atoms with E-state index >= 15 is 0 Å². The summed E-state index contributed by atoms with van der Waals surface area (Å²) in [6.45, 7) is 4.82. The van der Waals surface area contributed by atoms with Gasteiger partial charge in [-0.05, 0) is 30.0 Å². The van der Waals surface area contributed by atoms with Crippen molar-refractivity contribution < 1.29 is 9.84 Å². The third kappa shape index (κ3) is 3.04. The van der Waals surface area contributed by atoms with Crippen molar-refractivity contribution in [1.82, 2.24) is 0 Å². The van der Waals surface area contributed by atoms with Gasteiger partial charge in [0, 0.05) is 0 Å². The van der Waals surface area contributed by atoms with Crippen LogP contribution in [0.2, 0.25) is 0 Å². The fraction of sp³-hybridized carbons (Fsp3) is 0.500. The molecule has 1 N–H and O–H groups in total. The number of hydrogen-bond acceptors (Lipinski definition) is 2. The van der Waals surface area contributed by atoms with E-state index in [4.69, 9.17) is 9.84 Å². The summed E-state index contributed by atoms with van der Waals surface area (Å²) in [6.07, 6.45) is 1.15. The molecule has 0 amide bonds. The SMILES string of the molecule is CCC(C)c1ccc(OCCO)cc1. The first kappa shape index (κ1) is 11.1. The lowest BCUT2D eigenvalue weighted by Gasteiger charge is -2.10. The van der Waals surface area contributed by atoms with Crippen molar-refractivity contribution in [1.29, 1.82) is 0 Å². The average Bonchev–Trinajstić information content (AvgIpc) is 2.26. The maximum atomic E-state index is 8.58. The lowest BCUT2D eigenvalue weighted by atomic mass is 9.99. The van der Waals surface area contributed by atoms with Crippen molar-refractivity contribution in [3.8, 4) is 5.75 Å². The highest BCUT2D eigenvalue weighted by Gasteiger charge is 2.02. The monoisotopic (exact) mass is 194 g/mol. The molecular weight excluding hydrogens is 176 g/mol. The first-order chi connectivity index (χ1) is 6.77. The van der Waals surface area contributed by atoms with Crippen molar-refractivity contribution in [2.24, 2.45) is 0 Å². The Morgan fingerprint density at radius 3 is 2.43 bits per heavy atom. The lowest BCUT2D eigenvalue weighted by molar-refractivity contribution is 0.201. The Labute approximate surface area is 85.5 Å². The molecule has 0 aromatic heterocycles. The third-order valence-corrected chi connectivity index (χ3v) is 2.42. The molecule has 1 unspecified atom stereocenters. The number of rotatable bonds is 5. The Morgan fingerprint density at radius 1 is 1.29 bits per heavy atom. The molecule has 0 heterocycles. The second kappa shape index (κ2) is 5.66. The van der Waals surface area contributed by atoms with Crippen LogP contribution in [0.25, 0.3) is 0 Å². The molecule has 0 spiro atoms. The van der Waals surface area contributed by atoms with E-state index in [0.29, 0.717) is 12.5 Å². The van der Waals surface area contributed by atoms with E-state index in [0.717, 1.165) is 12.2 Å². The summed E-state index contributed by atoms with van der Waals surface area (Å²) in [5.41, 5.74) is 1.34.